The molecular formula is C22H25O4S+. The molecule has 1 saturated heterocycles. The number of Topliss-reactive ketones (excluding diaryl/α,β-unsaturated/α-hetero) is 1. The third-order valence-electron chi connectivity index (χ3n) is 4.85. The molecular weight excluding hydrogens is 360 g/mol. The van der Waals surface area contributed by atoms with Gasteiger partial charge in [0.1, 0.15) is 11.5 Å². The number of rotatable bonds is 3. The van der Waals surface area contributed by atoms with E-state index in [0.29, 0.717) is 28.6 Å². The van der Waals surface area contributed by atoms with Crippen LogP contribution in [0.4, 0.5) is 0 Å². The fraction of sp³-hybridized carbons (Fsp3) is 0.409. The zero-order valence-corrected chi connectivity index (χ0v) is 16.8. The minimum absolute atomic E-state index is 0.0174. The normalized spacial score (nSPS) is 17.9. The zero-order valence-electron chi connectivity index (χ0n) is 16.0. The standard InChI is InChI=1S/C22H25O4S/c1-22(2,3)21(27-12-10-24-11-13-27)20(23)15-8-9-18-19(14-15)26-17-7-5-4-6-16(17)25-18/h4-9,14,21H,10-13H2,1-3H3/q+1. The Morgan fingerprint density at radius 1 is 0.926 bits per heavy atom. The summed E-state index contributed by atoms with van der Waals surface area (Å²) in [6, 6.07) is 13.1. The van der Waals surface area contributed by atoms with Crippen LogP contribution in [-0.2, 0) is 15.6 Å². The molecule has 142 valence electrons. The Labute approximate surface area is 163 Å². The molecule has 0 radical (unpaired) electrons. The van der Waals surface area contributed by atoms with Gasteiger partial charge >= 0.3 is 0 Å². The molecule has 0 saturated carbocycles. The van der Waals surface area contributed by atoms with Crippen molar-refractivity contribution in [2.45, 2.75) is 26.0 Å². The number of benzene rings is 2. The van der Waals surface area contributed by atoms with Gasteiger partial charge in [0.15, 0.2) is 28.2 Å². The lowest BCUT2D eigenvalue weighted by molar-refractivity contribution is 0.0945. The van der Waals surface area contributed by atoms with Gasteiger partial charge in [-0.2, -0.15) is 0 Å². The van der Waals surface area contributed by atoms with Crippen molar-refractivity contribution in [1.82, 2.24) is 0 Å². The van der Waals surface area contributed by atoms with Crippen LogP contribution in [0.1, 0.15) is 31.1 Å². The van der Waals surface area contributed by atoms with Crippen LogP contribution < -0.4 is 9.47 Å². The Morgan fingerprint density at radius 2 is 1.52 bits per heavy atom. The number of ketones is 1. The molecule has 2 aromatic carbocycles. The molecule has 5 heteroatoms. The summed E-state index contributed by atoms with van der Waals surface area (Å²) in [5.74, 6) is 4.73. The zero-order chi connectivity index (χ0) is 19.0. The molecule has 0 N–H and O–H groups in total. The molecule has 0 amide bonds. The van der Waals surface area contributed by atoms with Crippen LogP contribution in [0, 0.1) is 5.41 Å². The van der Waals surface area contributed by atoms with Gasteiger partial charge in [0.05, 0.1) is 13.2 Å². The van der Waals surface area contributed by atoms with Crippen molar-refractivity contribution in [2.24, 2.45) is 5.41 Å². The predicted molar refractivity (Wildman–Crippen MR) is 109 cm³/mol. The first-order valence-electron chi connectivity index (χ1n) is 9.30. The number of hydrogen-bond donors (Lipinski definition) is 0. The van der Waals surface area contributed by atoms with E-state index in [1.807, 2.05) is 42.5 Å². The minimum atomic E-state index is -0.0998. The number of fused-ring (bicyclic) bond motifs is 2. The highest BCUT2D eigenvalue weighted by Gasteiger charge is 2.46. The quantitative estimate of drug-likeness (QED) is 0.478. The Hall–Kier alpha value is -1.98. The lowest BCUT2D eigenvalue weighted by Gasteiger charge is -2.31. The molecule has 1 unspecified atom stereocenters. The van der Waals surface area contributed by atoms with Crippen molar-refractivity contribution in [3.8, 4) is 23.0 Å². The van der Waals surface area contributed by atoms with Gasteiger partial charge in [-0.1, -0.05) is 32.9 Å². The summed E-state index contributed by atoms with van der Waals surface area (Å²) >= 11 is 0. The molecule has 4 rings (SSSR count). The van der Waals surface area contributed by atoms with Gasteiger partial charge in [-0.3, -0.25) is 4.79 Å². The molecule has 0 bridgehead atoms. The SMILES string of the molecule is CC(C)(C)C(C(=O)c1ccc2c(c1)Oc1ccccc1O2)[S+]1CCOCC1. The summed E-state index contributed by atoms with van der Waals surface area (Å²) in [7, 11) is 0.0329. The Bertz CT molecular complexity index is 850. The Balaban J connectivity index is 1.63. The monoisotopic (exact) mass is 385 g/mol. The number of hydrogen-bond acceptors (Lipinski definition) is 4. The van der Waals surface area contributed by atoms with Crippen molar-refractivity contribution in [3.05, 3.63) is 48.0 Å². The van der Waals surface area contributed by atoms with E-state index in [-0.39, 0.29) is 27.3 Å². The molecule has 0 spiro atoms. The third kappa shape index (κ3) is 3.71. The van der Waals surface area contributed by atoms with Gasteiger partial charge < -0.3 is 14.2 Å². The second kappa shape index (κ2) is 7.21. The van der Waals surface area contributed by atoms with Gasteiger partial charge in [-0.25, -0.2) is 0 Å². The highest BCUT2D eigenvalue weighted by atomic mass is 32.2. The fourth-order valence-corrected chi connectivity index (χ4v) is 6.43. The first kappa shape index (κ1) is 18.4. The van der Waals surface area contributed by atoms with Crippen LogP contribution in [-0.4, -0.2) is 35.8 Å². The van der Waals surface area contributed by atoms with Crippen molar-refractivity contribution in [1.29, 1.82) is 0 Å². The number of ether oxygens (including phenoxy) is 3. The minimum Gasteiger partial charge on any atom is -0.450 e. The third-order valence-corrected chi connectivity index (χ3v) is 7.82. The average Bonchev–Trinajstić information content (AvgIpc) is 2.65. The molecule has 2 heterocycles. The van der Waals surface area contributed by atoms with E-state index in [2.05, 4.69) is 20.8 Å². The second-order valence-electron chi connectivity index (χ2n) is 7.98. The maximum atomic E-state index is 13.5. The first-order valence-corrected chi connectivity index (χ1v) is 10.9. The largest absolute Gasteiger partial charge is 0.450 e. The second-order valence-corrected chi connectivity index (χ2v) is 10.3. The summed E-state index contributed by atoms with van der Waals surface area (Å²) in [6.45, 7) is 7.98. The fourth-order valence-electron chi connectivity index (χ4n) is 3.65. The van der Waals surface area contributed by atoms with Crippen LogP contribution in [0.3, 0.4) is 0 Å². The summed E-state index contributed by atoms with van der Waals surface area (Å²) in [6.07, 6.45) is 0. The van der Waals surface area contributed by atoms with Crippen molar-refractivity contribution in [3.63, 3.8) is 0 Å². The molecule has 27 heavy (non-hydrogen) atoms. The molecule has 2 aliphatic heterocycles. The van der Waals surface area contributed by atoms with E-state index in [1.165, 1.54) is 0 Å². The molecule has 0 aromatic heterocycles. The van der Waals surface area contributed by atoms with Crippen molar-refractivity contribution in [2.75, 3.05) is 24.7 Å². The smallest absolute Gasteiger partial charge is 0.215 e. The van der Waals surface area contributed by atoms with Crippen LogP contribution in [0.15, 0.2) is 42.5 Å². The van der Waals surface area contributed by atoms with E-state index in [1.54, 1.807) is 0 Å². The van der Waals surface area contributed by atoms with Crippen molar-refractivity contribution >= 4 is 16.7 Å². The van der Waals surface area contributed by atoms with E-state index in [9.17, 15) is 4.79 Å². The number of carbonyl (C=O) groups excluding carboxylic acids is 1. The lowest BCUT2D eigenvalue weighted by atomic mass is 9.87. The van der Waals surface area contributed by atoms with Gasteiger partial charge in [-0.05, 0) is 30.3 Å². The summed E-state index contributed by atoms with van der Waals surface area (Å²) in [5.41, 5.74) is 0.591. The summed E-state index contributed by atoms with van der Waals surface area (Å²) < 4.78 is 17.4. The van der Waals surface area contributed by atoms with Crippen LogP contribution in [0.25, 0.3) is 0 Å². The van der Waals surface area contributed by atoms with Gasteiger partial charge in [0.2, 0.25) is 5.78 Å². The Kier molecular flexibility index (Phi) is 4.91. The molecule has 2 aliphatic rings. The highest BCUT2D eigenvalue weighted by molar-refractivity contribution is 7.98. The number of para-hydroxylation sites is 2. The van der Waals surface area contributed by atoms with E-state index < -0.39 is 0 Å². The Morgan fingerprint density at radius 3 is 2.15 bits per heavy atom. The van der Waals surface area contributed by atoms with Gasteiger partial charge in [0.25, 0.3) is 0 Å². The highest BCUT2D eigenvalue weighted by Crippen LogP contribution is 2.45. The maximum Gasteiger partial charge on any atom is 0.215 e. The van der Waals surface area contributed by atoms with Crippen LogP contribution in [0.2, 0.25) is 0 Å². The van der Waals surface area contributed by atoms with Crippen molar-refractivity contribution < 1.29 is 19.0 Å². The predicted octanol–water partition coefficient (Wildman–Crippen LogP) is 4.83. The summed E-state index contributed by atoms with van der Waals surface area (Å²) in [4.78, 5) is 13.5. The molecule has 1 atom stereocenters. The first-order chi connectivity index (χ1) is 12.9. The van der Waals surface area contributed by atoms with Crippen LogP contribution >= 0.6 is 0 Å². The van der Waals surface area contributed by atoms with Gasteiger partial charge in [-0.15, -0.1) is 0 Å². The lowest BCUT2D eigenvalue weighted by Crippen LogP contribution is -2.47. The number of carbonyl (C=O) groups is 1. The topological polar surface area (TPSA) is 44.8 Å². The molecule has 1 fully saturated rings. The van der Waals surface area contributed by atoms with E-state index in [4.69, 9.17) is 14.2 Å². The van der Waals surface area contributed by atoms with Gasteiger partial charge in [0, 0.05) is 21.9 Å². The molecule has 0 aliphatic carbocycles. The van der Waals surface area contributed by atoms with E-state index in [0.717, 1.165) is 24.7 Å². The summed E-state index contributed by atoms with van der Waals surface area (Å²) in [5, 5.41) is -0.0174. The average molecular weight is 386 g/mol. The molecule has 2 aromatic rings. The molecule has 4 nitrogen and oxygen atoms in total. The maximum absolute atomic E-state index is 13.5. The van der Waals surface area contributed by atoms with E-state index >= 15 is 0 Å². The van der Waals surface area contributed by atoms with Crippen LogP contribution in [0.5, 0.6) is 23.0 Å².